The SMILES string of the molecule is CCCCCCC1OC1CCCCCC. The van der Waals surface area contributed by atoms with Gasteiger partial charge in [0.1, 0.15) is 0 Å². The largest absolute Gasteiger partial charge is 0.370 e. The van der Waals surface area contributed by atoms with E-state index in [4.69, 9.17) is 4.74 Å². The Hall–Kier alpha value is -0.0400. The zero-order valence-corrected chi connectivity index (χ0v) is 10.6. The Kier molecular flexibility index (Phi) is 7.08. The Morgan fingerprint density at radius 1 is 0.667 bits per heavy atom. The molecule has 0 aromatic carbocycles. The van der Waals surface area contributed by atoms with Crippen molar-refractivity contribution in [2.45, 2.75) is 90.3 Å². The van der Waals surface area contributed by atoms with Gasteiger partial charge in [0.2, 0.25) is 0 Å². The Morgan fingerprint density at radius 2 is 1.13 bits per heavy atom. The first kappa shape index (κ1) is 13.0. The van der Waals surface area contributed by atoms with E-state index in [2.05, 4.69) is 13.8 Å². The van der Waals surface area contributed by atoms with Crippen molar-refractivity contribution in [2.24, 2.45) is 0 Å². The van der Waals surface area contributed by atoms with Crippen molar-refractivity contribution >= 4 is 0 Å². The van der Waals surface area contributed by atoms with Gasteiger partial charge in [-0.05, 0) is 12.8 Å². The zero-order valence-electron chi connectivity index (χ0n) is 10.6. The summed E-state index contributed by atoms with van der Waals surface area (Å²) in [5.41, 5.74) is 0. The minimum absolute atomic E-state index is 0.642. The maximum atomic E-state index is 5.68. The molecule has 0 radical (unpaired) electrons. The number of ether oxygens (including phenoxy) is 1. The van der Waals surface area contributed by atoms with E-state index in [1.807, 2.05) is 0 Å². The molecule has 0 bridgehead atoms. The van der Waals surface area contributed by atoms with Crippen molar-refractivity contribution in [3.05, 3.63) is 0 Å². The number of rotatable bonds is 10. The molecule has 1 heterocycles. The van der Waals surface area contributed by atoms with Crippen LogP contribution < -0.4 is 0 Å². The highest BCUT2D eigenvalue weighted by Crippen LogP contribution is 2.31. The van der Waals surface area contributed by atoms with Gasteiger partial charge < -0.3 is 4.74 Å². The van der Waals surface area contributed by atoms with Gasteiger partial charge in [0, 0.05) is 0 Å². The number of hydrogen-bond acceptors (Lipinski definition) is 1. The molecule has 0 aromatic heterocycles. The van der Waals surface area contributed by atoms with E-state index in [9.17, 15) is 0 Å². The fourth-order valence-corrected chi connectivity index (χ4v) is 2.23. The van der Waals surface area contributed by atoms with Crippen LogP contribution in [0.5, 0.6) is 0 Å². The molecule has 0 aliphatic carbocycles. The summed E-state index contributed by atoms with van der Waals surface area (Å²) < 4.78 is 5.68. The molecule has 15 heavy (non-hydrogen) atoms. The van der Waals surface area contributed by atoms with Crippen molar-refractivity contribution in [3.8, 4) is 0 Å². The average Bonchev–Trinajstić information content (AvgIpc) is 2.99. The predicted molar refractivity (Wildman–Crippen MR) is 66.2 cm³/mol. The normalized spacial score (nSPS) is 24.4. The highest BCUT2D eigenvalue weighted by atomic mass is 16.6. The molecule has 1 rings (SSSR count). The molecule has 1 heteroatoms. The standard InChI is InChI=1S/C14H28O/c1-3-5-7-9-11-13-14(15-13)12-10-8-6-4-2/h13-14H,3-12H2,1-2H3. The molecule has 1 aliphatic heterocycles. The van der Waals surface area contributed by atoms with E-state index in [0.717, 1.165) is 0 Å². The second kappa shape index (κ2) is 8.15. The summed E-state index contributed by atoms with van der Waals surface area (Å²) in [6, 6.07) is 0. The third-order valence-electron chi connectivity index (χ3n) is 3.37. The van der Waals surface area contributed by atoms with Gasteiger partial charge >= 0.3 is 0 Å². The predicted octanol–water partition coefficient (Wildman–Crippen LogP) is 4.69. The van der Waals surface area contributed by atoms with Crippen LogP contribution in [0.1, 0.15) is 78.1 Å². The zero-order chi connectivity index (χ0) is 10.9. The first-order valence-corrected chi connectivity index (χ1v) is 7.04. The first-order valence-electron chi connectivity index (χ1n) is 7.04. The van der Waals surface area contributed by atoms with Crippen molar-refractivity contribution in [1.82, 2.24) is 0 Å². The van der Waals surface area contributed by atoms with Crippen molar-refractivity contribution < 1.29 is 4.74 Å². The Balaban J connectivity index is 1.81. The van der Waals surface area contributed by atoms with E-state index in [0.29, 0.717) is 12.2 Å². The van der Waals surface area contributed by atoms with Crippen molar-refractivity contribution in [2.75, 3.05) is 0 Å². The van der Waals surface area contributed by atoms with Gasteiger partial charge in [-0.25, -0.2) is 0 Å². The van der Waals surface area contributed by atoms with Gasteiger partial charge in [0.25, 0.3) is 0 Å². The summed E-state index contributed by atoms with van der Waals surface area (Å²) in [6.07, 6.45) is 15.0. The second-order valence-corrected chi connectivity index (χ2v) is 4.91. The Morgan fingerprint density at radius 3 is 1.53 bits per heavy atom. The smallest absolute Gasteiger partial charge is 0.0841 e. The van der Waals surface area contributed by atoms with Gasteiger partial charge in [-0.15, -0.1) is 0 Å². The summed E-state index contributed by atoms with van der Waals surface area (Å²) in [5.74, 6) is 0. The van der Waals surface area contributed by atoms with Gasteiger partial charge in [-0.3, -0.25) is 0 Å². The quantitative estimate of drug-likeness (QED) is 0.378. The van der Waals surface area contributed by atoms with Crippen LogP contribution in [-0.2, 0) is 4.74 Å². The van der Waals surface area contributed by atoms with E-state index in [1.165, 1.54) is 64.2 Å². The topological polar surface area (TPSA) is 12.5 Å². The van der Waals surface area contributed by atoms with Crippen molar-refractivity contribution in [3.63, 3.8) is 0 Å². The summed E-state index contributed by atoms with van der Waals surface area (Å²) in [6.45, 7) is 4.54. The van der Waals surface area contributed by atoms with Crippen LogP contribution in [-0.4, -0.2) is 12.2 Å². The maximum Gasteiger partial charge on any atom is 0.0841 e. The third kappa shape index (κ3) is 6.19. The fourth-order valence-electron chi connectivity index (χ4n) is 2.23. The van der Waals surface area contributed by atoms with Crippen LogP contribution in [0.4, 0.5) is 0 Å². The molecule has 0 amide bonds. The highest BCUT2D eigenvalue weighted by Gasteiger charge is 2.36. The van der Waals surface area contributed by atoms with Crippen LogP contribution in [0, 0.1) is 0 Å². The molecule has 90 valence electrons. The summed E-state index contributed by atoms with van der Waals surface area (Å²) in [4.78, 5) is 0. The van der Waals surface area contributed by atoms with Crippen LogP contribution >= 0.6 is 0 Å². The second-order valence-electron chi connectivity index (χ2n) is 4.91. The molecule has 0 N–H and O–H groups in total. The van der Waals surface area contributed by atoms with Gasteiger partial charge in [-0.2, -0.15) is 0 Å². The third-order valence-corrected chi connectivity index (χ3v) is 3.37. The molecule has 1 aliphatic rings. The minimum atomic E-state index is 0.642. The molecule has 1 nitrogen and oxygen atoms in total. The van der Waals surface area contributed by atoms with E-state index >= 15 is 0 Å². The van der Waals surface area contributed by atoms with Crippen LogP contribution in [0.2, 0.25) is 0 Å². The molecule has 1 fully saturated rings. The van der Waals surface area contributed by atoms with Crippen molar-refractivity contribution in [1.29, 1.82) is 0 Å². The molecule has 0 saturated carbocycles. The maximum absolute atomic E-state index is 5.68. The number of hydrogen-bond donors (Lipinski definition) is 0. The lowest BCUT2D eigenvalue weighted by molar-refractivity contribution is 0.348. The summed E-state index contributed by atoms with van der Waals surface area (Å²) in [7, 11) is 0. The van der Waals surface area contributed by atoms with E-state index in [1.54, 1.807) is 0 Å². The number of unbranched alkanes of at least 4 members (excludes halogenated alkanes) is 6. The molecular formula is C14H28O. The van der Waals surface area contributed by atoms with Crippen LogP contribution in [0.15, 0.2) is 0 Å². The highest BCUT2D eigenvalue weighted by molar-refractivity contribution is 4.84. The molecule has 2 atom stereocenters. The fraction of sp³-hybridized carbons (Fsp3) is 1.00. The molecule has 0 spiro atoms. The summed E-state index contributed by atoms with van der Waals surface area (Å²) >= 11 is 0. The molecular weight excluding hydrogens is 184 g/mol. The number of epoxide rings is 1. The van der Waals surface area contributed by atoms with E-state index < -0.39 is 0 Å². The summed E-state index contributed by atoms with van der Waals surface area (Å²) in [5, 5.41) is 0. The lowest BCUT2D eigenvalue weighted by Crippen LogP contribution is -1.94. The average molecular weight is 212 g/mol. The lowest BCUT2D eigenvalue weighted by Gasteiger charge is -1.97. The van der Waals surface area contributed by atoms with Gasteiger partial charge in [-0.1, -0.05) is 65.2 Å². The Labute approximate surface area is 95.6 Å². The van der Waals surface area contributed by atoms with E-state index in [-0.39, 0.29) is 0 Å². The van der Waals surface area contributed by atoms with Crippen LogP contribution in [0.3, 0.4) is 0 Å². The lowest BCUT2D eigenvalue weighted by atomic mass is 10.1. The molecule has 1 saturated heterocycles. The Bertz CT molecular complexity index is 128. The van der Waals surface area contributed by atoms with Crippen LogP contribution in [0.25, 0.3) is 0 Å². The first-order chi connectivity index (χ1) is 7.38. The van der Waals surface area contributed by atoms with Gasteiger partial charge in [0.05, 0.1) is 12.2 Å². The van der Waals surface area contributed by atoms with Gasteiger partial charge in [0.15, 0.2) is 0 Å². The monoisotopic (exact) mass is 212 g/mol. The molecule has 0 aromatic rings. The molecule has 2 unspecified atom stereocenters. The minimum Gasteiger partial charge on any atom is -0.370 e.